The monoisotopic (exact) mass is 470 g/mol. The normalized spacial score (nSPS) is 12.4. The van der Waals surface area contributed by atoms with Gasteiger partial charge in [0.1, 0.15) is 11.6 Å². The molecule has 0 saturated carbocycles. The number of aryl methyl sites for hydroxylation is 3. The number of benzene rings is 1. The fourth-order valence-corrected chi connectivity index (χ4v) is 4.47. The van der Waals surface area contributed by atoms with Crippen LogP contribution in [0.3, 0.4) is 0 Å². The molecule has 0 unspecified atom stereocenters. The van der Waals surface area contributed by atoms with Gasteiger partial charge in [-0.2, -0.15) is 0 Å². The number of aliphatic hydroxyl groups excluding tert-OH is 1. The largest absolute Gasteiger partial charge is 0.396 e. The molecule has 2 rings (SSSR count). The van der Waals surface area contributed by atoms with Gasteiger partial charge in [0.05, 0.1) is 0 Å². The number of anilines is 1. The Kier molecular flexibility index (Phi) is 8.80. The van der Waals surface area contributed by atoms with Crippen molar-refractivity contribution in [1.82, 2.24) is 15.3 Å². The number of aliphatic hydroxyl groups is 1. The van der Waals surface area contributed by atoms with Gasteiger partial charge in [-0.1, -0.05) is 44.7 Å². The van der Waals surface area contributed by atoms with Crippen molar-refractivity contribution in [2.45, 2.75) is 66.8 Å². The van der Waals surface area contributed by atoms with Crippen LogP contribution in [0, 0.1) is 20.8 Å². The fourth-order valence-electron chi connectivity index (χ4n) is 3.38. The summed E-state index contributed by atoms with van der Waals surface area (Å²) in [6.45, 7) is 13.7. The van der Waals surface area contributed by atoms with E-state index in [1.807, 2.05) is 26.0 Å². The number of thioether (sulfide) groups is 1. The van der Waals surface area contributed by atoms with E-state index in [1.165, 1.54) is 5.56 Å². The lowest BCUT2D eigenvalue weighted by atomic mass is 9.84. The Labute approximate surface area is 200 Å². The number of carbonyl (C=O) groups is 2. The lowest BCUT2D eigenvalue weighted by Gasteiger charge is -2.22. The molecule has 0 saturated heterocycles. The Morgan fingerprint density at radius 2 is 1.76 bits per heavy atom. The molecule has 0 aliphatic carbocycles. The average Bonchev–Trinajstić information content (AvgIpc) is 2.70. The fraction of sp³-hybridized carbons (Fsp3) is 0.440. The first-order chi connectivity index (χ1) is 15.3. The summed E-state index contributed by atoms with van der Waals surface area (Å²) in [6.07, 6.45) is 1.79. The number of nitrogens with two attached hydrogens (primary N) is 1. The minimum atomic E-state index is -0.338. The molecule has 0 aliphatic heterocycles. The van der Waals surface area contributed by atoms with Gasteiger partial charge in [0, 0.05) is 47.4 Å². The third-order valence-electron chi connectivity index (χ3n) is 5.37. The number of hydrogen-bond donors (Lipinski definition) is 3. The number of nitrogens with zero attached hydrogens (tertiary/aromatic N) is 2. The average molecular weight is 471 g/mol. The molecular formula is C25H34N4O3S. The Morgan fingerprint density at radius 1 is 1.15 bits per heavy atom. The van der Waals surface area contributed by atoms with Crippen LogP contribution < -0.4 is 11.1 Å². The Bertz CT molecular complexity index is 1060. The van der Waals surface area contributed by atoms with Crippen molar-refractivity contribution in [1.29, 1.82) is 0 Å². The zero-order valence-corrected chi connectivity index (χ0v) is 21.3. The Morgan fingerprint density at radius 3 is 2.27 bits per heavy atom. The zero-order valence-electron chi connectivity index (χ0n) is 20.5. The molecule has 0 atom stereocenters. The van der Waals surface area contributed by atoms with E-state index in [4.69, 9.17) is 5.73 Å². The molecule has 33 heavy (non-hydrogen) atoms. The second-order valence-corrected chi connectivity index (χ2v) is 10.2. The van der Waals surface area contributed by atoms with Gasteiger partial charge in [0.25, 0.3) is 0 Å². The number of amides is 1. The van der Waals surface area contributed by atoms with Crippen LogP contribution in [0.4, 0.5) is 5.82 Å². The van der Waals surface area contributed by atoms with Crippen LogP contribution in [0.1, 0.15) is 72.6 Å². The molecule has 1 amide bonds. The van der Waals surface area contributed by atoms with Crippen LogP contribution in [0.25, 0.3) is 0 Å². The molecule has 178 valence electrons. The van der Waals surface area contributed by atoms with E-state index < -0.39 is 0 Å². The van der Waals surface area contributed by atoms with Gasteiger partial charge in [-0.25, -0.2) is 9.97 Å². The highest BCUT2D eigenvalue weighted by Gasteiger charge is 2.22. The first kappa shape index (κ1) is 26.5. The van der Waals surface area contributed by atoms with Crippen LogP contribution in [0.5, 0.6) is 0 Å². The Balaban J connectivity index is 2.24. The predicted octanol–water partition coefficient (Wildman–Crippen LogP) is 4.13. The van der Waals surface area contributed by atoms with Gasteiger partial charge >= 0.3 is 0 Å². The third-order valence-corrected chi connectivity index (χ3v) is 6.52. The van der Waals surface area contributed by atoms with Crippen LogP contribution >= 0.6 is 11.8 Å². The van der Waals surface area contributed by atoms with Crippen LogP contribution in [-0.2, 0) is 16.8 Å². The van der Waals surface area contributed by atoms with Crippen molar-refractivity contribution >= 4 is 28.6 Å². The molecule has 2 aromatic rings. The molecule has 4 N–H and O–H groups in total. The molecule has 0 radical (unpaired) electrons. The van der Waals surface area contributed by atoms with Crippen LogP contribution in [0.2, 0.25) is 0 Å². The number of carbonyl (C=O) groups excluding carboxylic acids is 2. The summed E-state index contributed by atoms with van der Waals surface area (Å²) in [4.78, 5) is 34.7. The second-order valence-electron chi connectivity index (χ2n) is 9.16. The van der Waals surface area contributed by atoms with E-state index in [9.17, 15) is 14.7 Å². The molecule has 0 bridgehead atoms. The van der Waals surface area contributed by atoms with E-state index in [-0.39, 0.29) is 36.0 Å². The molecule has 0 aliphatic rings. The lowest BCUT2D eigenvalue weighted by molar-refractivity contribution is -0.117. The Hall–Kier alpha value is -2.71. The first-order valence-electron chi connectivity index (χ1n) is 10.9. The molecule has 1 aromatic heterocycles. The molecule has 8 heteroatoms. The van der Waals surface area contributed by atoms with E-state index >= 15 is 0 Å². The third kappa shape index (κ3) is 6.88. The van der Waals surface area contributed by atoms with Gasteiger partial charge in [0.2, 0.25) is 11.0 Å². The maximum Gasteiger partial charge on any atom is 0.247 e. The van der Waals surface area contributed by atoms with Gasteiger partial charge in [0.15, 0.2) is 0 Å². The smallest absolute Gasteiger partial charge is 0.247 e. The van der Waals surface area contributed by atoms with Gasteiger partial charge in [-0.05, 0) is 49.8 Å². The molecule has 1 aromatic carbocycles. The zero-order chi connectivity index (χ0) is 24.9. The lowest BCUT2D eigenvalue weighted by Crippen LogP contribution is -2.25. The molecule has 1 heterocycles. The maximum atomic E-state index is 13.2. The van der Waals surface area contributed by atoms with E-state index in [1.54, 1.807) is 20.0 Å². The summed E-state index contributed by atoms with van der Waals surface area (Å²) in [5.41, 5.74) is 10.5. The predicted molar refractivity (Wildman–Crippen MR) is 134 cm³/mol. The number of aromatic nitrogens is 2. The summed E-state index contributed by atoms with van der Waals surface area (Å²) in [5, 5.41) is 12.2. The van der Waals surface area contributed by atoms with Crippen molar-refractivity contribution in [2.24, 2.45) is 0 Å². The topological polar surface area (TPSA) is 118 Å². The van der Waals surface area contributed by atoms with Gasteiger partial charge < -0.3 is 16.2 Å². The minimum Gasteiger partial charge on any atom is -0.396 e. The minimum absolute atomic E-state index is 0.0211. The highest BCUT2D eigenvalue weighted by Crippen LogP contribution is 2.32. The van der Waals surface area contributed by atoms with E-state index in [0.717, 1.165) is 22.9 Å². The van der Waals surface area contributed by atoms with Crippen molar-refractivity contribution < 1.29 is 14.7 Å². The van der Waals surface area contributed by atoms with Crippen molar-refractivity contribution in [3.63, 3.8) is 0 Å². The SMILES string of the molecule is C/C(C(=O)NCc1cnc(C)nc1N)=C(\CCO)SC(=O)c1c(C)cc(C(C)(C)C)cc1C. The summed E-state index contributed by atoms with van der Waals surface area (Å²) in [7, 11) is 0. The number of nitrogen functional groups attached to an aromatic ring is 1. The number of hydrogen-bond acceptors (Lipinski definition) is 7. The van der Waals surface area contributed by atoms with E-state index in [2.05, 4.69) is 36.1 Å². The molecule has 7 nitrogen and oxygen atoms in total. The van der Waals surface area contributed by atoms with Crippen molar-refractivity contribution in [2.75, 3.05) is 12.3 Å². The standard InChI is InChI=1S/C25H34N4O3S/c1-14-10-19(25(5,6)7)11-15(2)21(14)24(32)33-20(8-9-30)16(3)23(31)28-13-18-12-27-17(4)29-22(18)26/h10-12,30H,8-9,13H2,1-7H3,(H,28,31)(H2,26,27,29)/b20-16-. The second kappa shape index (κ2) is 10.9. The van der Waals surface area contributed by atoms with Crippen molar-refractivity contribution in [3.05, 3.63) is 62.4 Å². The van der Waals surface area contributed by atoms with Crippen LogP contribution in [-0.4, -0.2) is 32.7 Å². The van der Waals surface area contributed by atoms with E-state index in [0.29, 0.717) is 33.2 Å². The quantitative estimate of drug-likeness (QED) is 0.521. The van der Waals surface area contributed by atoms with Gasteiger partial charge in [-0.15, -0.1) is 0 Å². The molecular weight excluding hydrogens is 436 g/mol. The summed E-state index contributed by atoms with van der Waals surface area (Å²) in [5.74, 6) is 0.532. The summed E-state index contributed by atoms with van der Waals surface area (Å²) >= 11 is 0.998. The van der Waals surface area contributed by atoms with Gasteiger partial charge in [-0.3, -0.25) is 9.59 Å². The van der Waals surface area contributed by atoms with Crippen LogP contribution in [0.15, 0.2) is 28.8 Å². The highest BCUT2D eigenvalue weighted by molar-refractivity contribution is 8.17. The summed E-state index contributed by atoms with van der Waals surface area (Å²) < 4.78 is 0. The van der Waals surface area contributed by atoms with Crippen molar-refractivity contribution in [3.8, 4) is 0 Å². The first-order valence-corrected chi connectivity index (χ1v) is 11.7. The number of nitrogens with one attached hydrogen (secondary N) is 1. The highest BCUT2D eigenvalue weighted by atomic mass is 32.2. The maximum absolute atomic E-state index is 13.2. The molecule has 0 fully saturated rings. The summed E-state index contributed by atoms with van der Waals surface area (Å²) in [6, 6.07) is 4.09. The molecule has 0 spiro atoms. The number of rotatable bonds is 7.